The fourth-order valence-electron chi connectivity index (χ4n) is 2.13. The van der Waals surface area contributed by atoms with Crippen LogP contribution in [0, 0.1) is 0 Å². The zero-order chi connectivity index (χ0) is 19.8. The van der Waals surface area contributed by atoms with E-state index in [1.807, 2.05) is 30.3 Å². The molecule has 142 valence electrons. The maximum absolute atomic E-state index is 12.0. The van der Waals surface area contributed by atoms with Crippen molar-refractivity contribution < 1.29 is 28.3 Å². The number of carbonyl (C=O) groups excluding carboxylic acids is 3. The van der Waals surface area contributed by atoms with Crippen LogP contribution in [0.2, 0.25) is 0 Å². The van der Waals surface area contributed by atoms with Crippen molar-refractivity contribution in [2.75, 3.05) is 6.61 Å². The molecule has 0 aliphatic heterocycles. The minimum Gasteiger partial charge on any atom is -0.459 e. The van der Waals surface area contributed by atoms with Gasteiger partial charge in [0, 0.05) is 0 Å². The number of esters is 1. The molecular formula is C20H16N2O6. The van der Waals surface area contributed by atoms with E-state index < -0.39 is 24.4 Å². The maximum atomic E-state index is 12.0. The molecule has 2 N–H and O–H groups in total. The number of hydrogen-bond acceptors (Lipinski definition) is 6. The Bertz CT molecular complexity index is 937. The molecular weight excluding hydrogens is 364 g/mol. The van der Waals surface area contributed by atoms with Crippen LogP contribution >= 0.6 is 0 Å². The highest BCUT2D eigenvalue weighted by atomic mass is 16.5. The quantitative estimate of drug-likeness (QED) is 0.503. The van der Waals surface area contributed by atoms with Gasteiger partial charge >= 0.3 is 11.9 Å². The molecule has 0 saturated heterocycles. The van der Waals surface area contributed by atoms with Gasteiger partial charge in [-0.15, -0.1) is 0 Å². The smallest absolute Gasteiger partial charge is 0.338 e. The summed E-state index contributed by atoms with van der Waals surface area (Å²) in [6, 6.07) is 18.5. The van der Waals surface area contributed by atoms with Crippen LogP contribution < -0.4 is 15.6 Å². The van der Waals surface area contributed by atoms with Gasteiger partial charge in [-0.3, -0.25) is 20.4 Å². The van der Waals surface area contributed by atoms with Gasteiger partial charge in [0.1, 0.15) is 11.5 Å². The van der Waals surface area contributed by atoms with Gasteiger partial charge in [-0.25, -0.2) is 4.79 Å². The summed E-state index contributed by atoms with van der Waals surface area (Å²) >= 11 is 0. The lowest BCUT2D eigenvalue weighted by Gasteiger charge is -2.08. The summed E-state index contributed by atoms with van der Waals surface area (Å²) in [5.74, 6) is -0.739. The van der Waals surface area contributed by atoms with Crippen LogP contribution in [0.25, 0.3) is 0 Å². The monoisotopic (exact) mass is 380 g/mol. The third-order valence-electron chi connectivity index (χ3n) is 3.46. The number of ether oxygens (including phenoxy) is 2. The first-order valence-electron chi connectivity index (χ1n) is 8.24. The molecule has 3 rings (SSSR count). The average molecular weight is 380 g/mol. The van der Waals surface area contributed by atoms with Gasteiger partial charge in [0.05, 0.1) is 11.8 Å². The summed E-state index contributed by atoms with van der Waals surface area (Å²) in [4.78, 5) is 35.2. The van der Waals surface area contributed by atoms with Gasteiger partial charge in [-0.2, -0.15) is 0 Å². The molecule has 1 heterocycles. The summed E-state index contributed by atoms with van der Waals surface area (Å²) in [5.41, 5.74) is 4.51. The van der Waals surface area contributed by atoms with Gasteiger partial charge in [0.25, 0.3) is 5.91 Å². The highest BCUT2D eigenvalue weighted by Gasteiger charge is 2.13. The van der Waals surface area contributed by atoms with E-state index in [4.69, 9.17) is 13.9 Å². The van der Waals surface area contributed by atoms with Crippen molar-refractivity contribution in [3.63, 3.8) is 0 Å². The van der Waals surface area contributed by atoms with Crippen molar-refractivity contribution >= 4 is 17.8 Å². The number of para-hydroxylation sites is 1. The van der Waals surface area contributed by atoms with Crippen LogP contribution in [0.4, 0.5) is 0 Å². The van der Waals surface area contributed by atoms with Crippen molar-refractivity contribution in [1.82, 2.24) is 10.9 Å². The number of hydrogen-bond donors (Lipinski definition) is 2. The highest BCUT2D eigenvalue weighted by molar-refractivity contribution is 5.94. The third-order valence-corrected chi connectivity index (χ3v) is 3.46. The molecule has 0 saturated carbocycles. The van der Waals surface area contributed by atoms with Gasteiger partial charge in [-0.05, 0) is 48.5 Å². The minimum atomic E-state index is -0.697. The highest BCUT2D eigenvalue weighted by Crippen LogP contribution is 2.21. The molecule has 3 aromatic rings. The molecule has 0 radical (unpaired) electrons. The molecule has 0 aliphatic rings. The Morgan fingerprint density at radius 2 is 1.54 bits per heavy atom. The molecule has 1 aromatic heterocycles. The molecule has 2 amide bonds. The second-order valence-electron chi connectivity index (χ2n) is 5.50. The second-order valence-corrected chi connectivity index (χ2v) is 5.50. The largest absolute Gasteiger partial charge is 0.459 e. The van der Waals surface area contributed by atoms with E-state index in [0.717, 1.165) is 0 Å². The fourth-order valence-corrected chi connectivity index (χ4v) is 2.13. The Balaban J connectivity index is 1.44. The number of carbonyl (C=O) groups is 3. The van der Waals surface area contributed by atoms with Gasteiger partial charge in [0.2, 0.25) is 0 Å². The number of furan rings is 1. The van der Waals surface area contributed by atoms with Crippen molar-refractivity contribution in [1.29, 1.82) is 0 Å². The first-order chi connectivity index (χ1) is 13.6. The standard InChI is InChI=1S/C20H16N2O6/c23-18(21-22-19(24)17-7-4-12-26-17)13-27-20(25)14-8-10-16(11-9-14)28-15-5-2-1-3-6-15/h1-12H,13H2,(H,21,23)(H,22,24). The lowest BCUT2D eigenvalue weighted by atomic mass is 10.2. The van der Waals surface area contributed by atoms with E-state index in [9.17, 15) is 14.4 Å². The van der Waals surface area contributed by atoms with E-state index >= 15 is 0 Å². The van der Waals surface area contributed by atoms with Crippen molar-refractivity contribution in [3.05, 3.63) is 84.3 Å². The van der Waals surface area contributed by atoms with Crippen molar-refractivity contribution in [2.45, 2.75) is 0 Å². The average Bonchev–Trinajstić information content (AvgIpc) is 3.26. The van der Waals surface area contributed by atoms with Crippen LogP contribution in [0.15, 0.2) is 77.4 Å². The number of hydrazine groups is 1. The Morgan fingerprint density at radius 1 is 0.821 bits per heavy atom. The Labute approximate surface area is 160 Å². The minimum absolute atomic E-state index is 0.0371. The molecule has 0 fully saturated rings. The molecule has 0 bridgehead atoms. The molecule has 0 spiro atoms. The Hall–Kier alpha value is -4.07. The van der Waals surface area contributed by atoms with Crippen molar-refractivity contribution in [2.24, 2.45) is 0 Å². The van der Waals surface area contributed by atoms with E-state index in [-0.39, 0.29) is 11.3 Å². The number of nitrogens with one attached hydrogen (secondary N) is 2. The summed E-state index contributed by atoms with van der Waals surface area (Å²) < 4.78 is 15.4. The lowest BCUT2D eigenvalue weighted by Crippen LogP contribution is -2.43. The van der Waals surface area contributed by atoms with E-state index in [1.165, 1.54) is 30.5 Å². The third kappa shape index (κ3) is 5.21. The van der Waals surface area contributed by atoms with Crippen molar-refractivity contribution in [3.8, 4) is 11.5 Å². The number of rotatable bonds is 6. The Morgan fingerprint density at radius 3 is 2.21 bits per heavy atom. The first-order valence-corrected chi connectivity index (χ1v) is 8.24. The van der Waals surface area contributed by atoms with Crippen LogP contribution in [0.1, 0.15) is 20.9 Å². The molecule has 8 heteroatoms. The van der Waals surface area contributed by atoms with E-state index in [0.29, 0.717) is 11.5 Å². The molecule has 0 atom stereocenters. The predicted molar refractivity (Wildman–Crippen MR) is 97.6 cm³/mol. The lowest BCUT2D eigenvalue weighted by molar-refractivity contribution is -0.125. The van der Waals surface area contributed by atoms with E-state index in [1.54, 1.807) is 12.1 Å². The zero-order valence-electron chi connectivity index (χ0n) is 14.6. The van der Waals surface area contributed by atoms with Gasteiger partial charge in [0.15, 0.2) is 12.4 Å². The molecule has 8 nitrogen and oxygen atoms in total. The van der Waals surface area contributed by atoms with E-state index in [2.05, 4.69) is 10.9 Å². The van der Waals surface area contributed by atoms with Gasteiger partial charge < -0.3 is 13.9 Å². The first kappa shape index (κ1) is 18.7. The SMILES string of the molecule is O=C(COC(=O)c1ccc(Oc2ccccc2)cc1)NNC(=O)c1ccco1. The summed E-state index contributed by atoms with van der Waals surface area (Å²) in [6.45, 7) is -0.556. The predicted octanol–water partition coefficient (Wildman–Crippen LogP) is 2.69. The van der Waals surface area contributed by atoms with Crippen LogP contribution in [-0.2, 0) is 9.53 Å². The molecule has 0 aliphatic carbocycles. The van der Waals surface area contributed by atoms with Gasteiger partial charge in [-0.1, -0.05) is 18.2 Å². The molecule has 2 aromatic carbocycles. The van der Waals surface area contributed by atoms with Crippen LogP contribution in [0.5, 0.6) is 11.5 Å². The second kappa shape index (κ2) is 9.04. The maximum Gasteiger partial charge on any atom is 0.338 e. The van der Waals surface area contributed by atoms with Crippen LogP contribution in [-0.4, -0.2) is 24.4 Å². The Kier molecular flexibility index (Phi) is 6.04. The molecule has 0 unspecified atom stereocenters. The summed E-state index contributed by atoms with van der Waals surface area (Å²) in [5, 5.41) is 0. The number of amides is 2. The molecule has 28 heavy (non-hydrogen) atoms. The number of benzene rings is 2. The zero-order valence-corrected chi connectivity index (χ0v) is 14.6. The summed E-state index contributed by atoms with van der Waals surface area (Å²) in [6.07, 6.45) is 1.33. The normalized spacial score (nSPS) is 10.0. The summed E-state index contributed by atoms with van der Waals surface area (Å²) in [7, 11) is 0. The topological polar surface area (TPSA) is 107 Å². The fraction of sp³-hybridized carbons (Fsp3) is 0.0500. The van der Waals surface area contributed by atoms with Crippen LogP contribution in [0.3, 0.4) is 0 Å².